The number of hydrogen-bond acceptors (Lipinski definition) is 8. The number of ether oxygens (including phenoxy) is 2. The van der Waals surface area contributed by atoms with Gasteiger partial charge < -0.3 is 20.5 Å². The van der Waals surface area contributed by atoms with Gasteiger partial charge in [0.1, 0.15) is 26.6 Å². The van der Waals surface area contributed by atoms with E-state index in [1.54, 1.807) is 30.3 Å². The minimum Gasteiger partial charge on any atom is -0.497 e. The van der Waals surface area contributed by atoms with Crippen molar-refractivity contribution in [2.75, 3.05) is 19.5 Å². The summed E-state index contributed by atoms with van der Waals surface area (Å²) in [4.78, 5) is 38.6. The molecule has 1 unspecified atom stereocenters. The molecule has 0 radical (unpaired) electrons. The van der Waals surface area contributed by atoms with Gasteiger partial charge in [0.15, 0.2) is 0 Å². The highest BCUT2D eigenvalue weighted by Crippen LogP contribution is 2.37. The zero-order valence-corrected chi connectivity index (χ0v) is 19.9. The van der Waals surface area contributed by atoms with E-state index in [1.165, 1.54) is 25.3 Å². The number of aromatic nitrogens is 1. The molecule has 2 aromatic carbocycles. The predicted octanol–water partition coefficient (Wildman–Crippen LogP) is 1.88. The molecule has 0 spiro atoms. The average molecular weight is 523 g/mol. The van der Waals surface area contributed by atoms with Gasteiger partial charge in [0.05, 0.1) is 37.4 Å². The molecule has 0 aliphatic carbocycles. The van der Waals surface area contributed by atoms with Gasteiger partial charge in [-0.25, -0.2) is 9.18 Å². The number of nitrogens with one attached hydrogen (secondary N) is 1. The number of thiazole rings is 1. The van der Waals surface area contributed by atoms with E-state index in [1.807, 2.05) is 6.07 Å². The third-order valence-corrected chi connectivity index (χ3v) is 6.64. The molecule has 0 saturated carbocycles. The van der Waals surface area contributed by atoms with Crippen LogP contribution in [0.4, 0.5) is 10.1 Å². The van der Waals surface area contributed by atoms with Gasteiger partial charge in [-0.05, 0) is 30.3 Å². The highest BCUT2D eigenvalue weighted by Gasteiger charge is 2.37. The first kappa shape index (κ1) is 26.9. The summed E-state index contributed by atoms with van der Waals surface area (Å²) in [5, 5.41) is 12.7. The molecule has 0 saturated heterocycles. The Hall–Kier alpha value is -4.69. The lowest BCUT2D eigenvalue weighted by molar-refractivity contribution is -0.133. The first-order valence-corrected chi connectivity index (χ1v) is 11.3. The Balaban J connectivity index is 0.00000380. The average Bonchev–Trinajstić information content (AvgIpc) is 3.20. The Bertz CT molecular complexity index is 1630. The minimum atomic E-state index is -1.21. The predicted molar refractivity (Wildman–Crippen MR) is 138 cm³/mol. The number of rotatable bonds is 5. The van der Waals surface area contributed by atoms with Gasteiger partial charge in [0.2, 0.25) is 0 Å². The third kappa shape index (κ3) is 4.87. The normalized spacial score (nSPS) is 14.8. The fourth-order valence-corrected chi connectivity index (χ4v) is 4.96. The maximum atomic E-state index is 15.0. The van der Waals surface area contributed by atoms with Crippen molar-refractivity contribution in [3.8, 4) is 11.8 Å². The Kier molecular flexibility index (Phi) is 7.95. The maximum Gasteiger partial charge on any atom is 0.332 e. The fraction of sp³-hybridized carbons (Fsp3) is 0.154. The summed E-state index contributed by atoms with van der Waals surface area (Å²) >= 11 is 0.809. The number of carbonyl (C=O) groups excluding carboxylic acids is 2. The van der Waals surface area contributed by atoms with Crippen molar-refractivity contribution in [3.63, 3.8) is 0 Å². The lowest BCUT2D eigenvalue weighted by Crippen LogP contribution is -2.41. The van der Waals surface area contributed by atoms with Crippen molar-refractivity contribution in [2.24, 2.45) is 5.73 Å². The van der Waals surface area contributed by atoms with Gasteiger partial charge >= 0.3 is 5.97 Å². The lowest BCUT2D eigenvalue weighted by Gasteiger charge is -2.25. The topological polar surface area (TPSA) is 136 Å². The number of hydrogen-bond donors (Lipinski definition) is 2. The van der Waals surface area contributed by atoms with E-state index in [9.17, 15) is 24.0 Å². The van der Waals surface area contributed by atoms with Crippen LogP contribution in [0.15, 0.2) is 58.9 Å². The van der Waals surface area contributed by atoms with Crippen LogP contribution in [0, 0.1) is 17.1 Å². The molecule has 9 nitrogen and oxygen atoms in total. The number of methoxy groups -OCH3 is 2. The molecule has 11 heteroatoms. The molecule has 1 atom stereocenters. The van der Waals surface area contributed by atoms with Crippen molar-refractivity contribution in [1.29, 1.82) is 5.26 Å². The van der Waals surface area contributed by atoms with Crippen molar-refractivity contribution in [1.82, 2.24) is 4.57 Å². The van der Waals surface area contributed by atoms with E-state index >= 15 is 0 Å². The summed E-state index contributed by atoms with van der Waals surface area (Å²) < 4.78 is 25.7. The molecule has 1 aliphatic rings. The van der Waals surface area contributed by atoms with Crippen LogP contribution in [0.25, 0.3) is 17.5 Å². The van der Waals surface area contributed by atoms with E-state index in [-0.39, 0.29) is 39.2 Å². The van der Waals surface area contributed by atoms with Crippen molar-refractivity contribution in [3.05, 3.63) is 85.0 Å². The Morgan fingerprint density at radius 1 is 1.19 bits per heavy atom. The molecular weight excluding hydrogens is 499 g/mol. The van der Waals surface area contributed by atoms with Crippen LogP contribution in [0.5, 0.6) is 5.75 Å². The van der Waals surface area contributed by atoms with Crippen LogP contribution >= 0.6 is 11.3 Å². The molecule has 4 rings (SSSR count). The quantitative estimate of drug-likeness (QED) is 0.488. The molecule has 1 amide bonds. The Morgan fingerprint density at radius 3 is 2.46 bits per heavy atom. The minimum absolute atomic E-state index is 0. The largest absolute Gasteiger partial charge is 0.497 e. The van der Waals surface area contributed by atoms with Gasteiger partial charge in [0, 0.05) is 17.3 Å². The number of nitrogens with zero attached hydrogens (tertiary/aromatic N) is 2. The van der Waals surface area contributed by atoms with Crippen molar-refractivity contribution >= 4 is 46.4 Å². The monoisotopic (exact) mass is 522 g/mol. The summed E-state index contributed by atoms with van der Waals surface area (Å²) in [5.41, 5.74) is 5.67. The van der Waals surface area contributed by atoms with E-state index in [0.29, 0.717) is 11.4 Å². The molecule has 1 aliphatic heterocycles. The zero-order chi connectivity index (χ0) is 26.0. The van der Waals surface area contributed by atoms with E-state index in [2.05, 4.69) is 10.1 Å². The summed E-state index contributed by atoms with van der Waals surface area (Å²) in [5.74, 6) is -3.03. The number of nitriles is 1. The number of carbonyl (C=O) groups is 2. The summed E-state index contributed by atoms with van der Waals surface area (Å²) in [6.07, 6.45) is 0.967. The number of fused-ring (bicyclic) bond motifs is 1. The molecular formula is C26H23FN4O5S. The van der Waals surface area contributed by atoms with Gasteiger partial charge in [-0.1, -0.05) is 25.6 Å². The second-order valence-corrected chi connectivity index (χ2v) is 8.57. The first-order valence-electron chi connectivity index (χ1n) is 10.5. The number of anilines is 1. The number of amides is 1. The van der Waals surface area contributed by atoms with Gasteiger partial charge in [-0.2, -0.15) is 5.26 Å². The van der Waals surface area contributed by atoms with Crippen molar-refractivity contribution in [2.45, 2.75) is 13.3 Å². The van der Waals surface area contributed by atoms with Gasteiger partial charge in [-0.3, -0.25) is 14.2 Å². The lowest BCUT2D eigenvalue weighted by atomic mass is 9.83. The number of allylic oxidation sites excluding steroid dienone is 1. The zero-order valence-electron chi connectivity index (χ0n) is 19.1. The van der Waals surface area contributed by atoms with E-state index in [4.69, 9.17) is 10.5 Å². The molecule has 0 fully saturated rings. The highest BCUT2D eigenvalue weighted by atomic mass is 32.1. The Morgan fingerprint density at radius 2 is 1.86 bits per heavy atom. The van der Waals surface area contributed by atoms with Gasteiger partial charge in [0.25, 0.3) is 11.5 Å². The molecule has 1 aromatic heterocycles. The molecule has 0 bridgehead atoms. The highest BCUT2D eigenvalue weighted by molar-refractivity contribution is 7.07. The van der Waals surface area contributed by atoms with Crippen LogP contribution < -0.4 is 30.5 Å². The van der Waals surface area contributed by atoms with Crippen LogP contribution in [-0.4, -0.2) is 30.7 Å². The second kappa shape index (κ2) is 10.9. The van der Waals surface area contributed by atoms with Crippen LogP contribution in [0.3, 0.4) is 0 Å². The SMILES string of the molecule is C.COC(=O)/C=c1\sc2n(c1=O)C(N)=C(C#N)C(c1ccccc1F)C=2C(=O)Nc1ccc(OC)cc1. The number of benzene rings is 2. The number of halogens is 1. The van der Waals surface area contributed by atoms with E-state index in [0.717, 1.165) is 29.1 Å². The molecule has 190 valence electrons. The van der Waals surface area contributed by atoms with Gasteiger partial charge in [-0.15, -0.1) is 11.3 Å². The molecule has 37 heavy (non-hydrogen) atoms. The van der Waals surface area contributed by atoms with Crippen LogP contribution in [0.2, 0.25) is 0 Å². The third-order valence-electron chi connectivity index (χ3n) is 5.53. The fourth-order valence-electron chi connectivity index (χ4n) is 3.83. The van der Waals surface area contributed by atoms with E-state index < -0.39 is 29.2 Å². The summed E-state index contributed by atoms with van der Waals surface area (Å²) in [6.45, 7) is 0. The van der Waals surface area contributed by atoms with Crippen molar-refractivity contribution < 1.29 is 23.5 Å². The summed E-state index contributed by atoms with van der Waals surface area (Å²) in [6, 6.07) is 14.1. The first-order chi connectivity index (χ1) is 17.3. The molecule has 2 heterocycles. The molecule has 3 N–H and O–H groups in total. The molecule has 3 aromatic rings. The smallest absolute Gasteiger partial charge is 0.332 e. The maximum absolute atomic E-state index is 15.0. The van der Waals surface area contributed by atoms with Crippen LogP contribution in [-0.2, 0) is 14.3 Å². The summed E-state index contributed by atoms with van der Waals surface area (Å²) in [7, 11) is 2.66. The standard InChI is InChI=1S/C25H19FN4O5S.CH4/c1-34-14-9-7-13(8-10-14)29-23(32)21-20(15-5-3-4-6-17(15)26)16(12-27)22(28)30-24(33)18(36-25(21)30)11-19(31)35-2;/h3-11,20H,28H2,1-2H3,(H,29,32);1H4/b18-11-;. The number of nitrogens with two attached hydrogens (primary N) is 1. The second-order valence-electron chi connectivity index (χ2n) is 7.54. The Labute approximate surface area is 215 Å². The number of esters is 1. The van der Waals surface area contributed by atoms with Crippen LogP contribution in [0.1, 0.15) is 18.9 Å².